The summed E-state index contributed by atoms with van der Waals surface area (Å²) in [5, 5.41) is 2.58. The number of carbonyl (C=O) groups excluding carboxylic acids is 2. The van der Waals surface area contributed by atoms with Gasteiger partial charge in [0.2, 0.25) is 0 Å². The Hall–Kier alpha value is -3.02. The van der Waals surface area contributed by atoms with Gasteiger partial charge in [0, 0.05) is 26.6 Å². The number of benzene rings is 2. The van der Waals surface area contributed by atoms with Crippen LogP contribution in [-0.4, -0.2) is 17.1 Å². The standard InChI is InChI=1S/C39H47NO2S2/c1-3-5-7-9-10-12-14-16-31(15-13-11-8-6-4-2)40-36-25-29(38-23-19-32(27-41)43-38)17-21-34(36)35-22-18-30(26-37(35)40)39-24-20-33(28-42)44-39/h17-28,31H,3-16H2,1-2H3. The van der Waals surface area contributed by atoms with Gasteiger partial charge in [-0.3, -0.25) is 9.59 Å². The van der Waals surface area contributed by atoms with Crippen LogP contribution in [0, 0.1) is 0 Å². The summed E-state index contributed by atoms with van der Waals surface area (Å²) in [6.45, 7) is 4.57. The Balaban J connectivity index is 1.56. The van der Waals surface area contributed by atoms with Crippen LogP contribution in [-0.2, 0) is 0 Å². The quantitative estimate of drug-likeness (QED) is 0.0676. The maximum atomic E-state index is 11.4. The van der Waals surface area contributed by atoms with E-state index in [0.717, 1.165) is 32.1 Å². The Kier molecular flexibility index (Phi) is 12.0. The van der Waals surface area contributed by atoms with Crippen LogP contribution in [0.3, 0.4) is 0 Å². The third-order valence-electron chi connectivity index (χ3n) is 9.01. The predicted octanol–water partition coefficient (Wildman–Crippen LogP) is 12.9. The largest absolute Gasteiger partial charge is 0.337 e. The molecule has 5 heteroatoms. The summed E-state index contributed by atoms with van der Waals surface area (Å²) in [6.07, 6.45) is 20.0. The number of aldehydes is 2. The Bertz CT molecular complexity index is 1550. The maximum Gasteiger partial charge on any atom is 0.160 e. The van der Waals surface area contributed by atoms with Crippen LogP contribution >= 0.6 is 22.7 Å². The first-order chi connectivity index (χ1) is 21.7. The summed E-state index contributed by atoms with van der Waals surface area (Å²) in [5.41, 5.74) is 4.92. The molecule has 2 aromatic carbocycles. The normalized spacial score (nSPS) is 12.3. The van der Waals surface area contributed by atoms with Gasteiger partial charge in [-0.2, -0.15) is 0 Å². The fraction of sp³-hybridized carbons (Fsp3) is 0.436. The third kappa shape index (κ3) is 7.79. The van der Waals surface area contributed by atoms with Gasteiger partial charge in [0.05, 0.1) is 20.8 Å². The Morgan fingerprint density at radius 1 is 0.568 bits per heavy atom. The zero-order chi connectivity index (χ0) is 30.7. The van der Waals surface area contributed by atoms with Gasteiger partial charge < -0.3 is 4.57 Å². The van der Waals surface area contributed by atoms with Crippen molar-refractivity contribution in [2.24, 2.45) is 0 Å². The number of hydrogen-bond donors (Lipinski definition) is 0. The van der Waals surface area contributed by atoms with Gasteiger partial charge in [-0.05, 0) is 60.4 Å². The van der Waals surface area contributed by atoms with E-state index in [1.165, 1.54) is 123 Å². The van der Waals surface area contributed by atoms with E-state index < -0.39 is 0 Å². The lowest BCUT2D eigenvalue weighted by Crippen LogP contribution is -2.09. The first kappa shape index (κ1) is 32.4. The molecule has 0 spiro atoms. The number of aromatic nitrogens is 1. The van der Waals surface area contributed by atoms with Crippen molar-refractivity contribution in [3.63, 3.8) is 0 Å². The highest BCUT2D eigenvalue weighted by Crippen LogP contribution is 2.41. The van der Waals surface area contributed by atoms with Gasteiger partial charge in [-0.25, -0.2) is 0 Å². The minimum Gasteiger partial charge on any atom is -0.337 e. The molecule has 3 heterocycles. The molecule has 0 aliphatic rings. The second-order valence-electron chi connectivity index (χ2n) is 12.2. The molecule has 1 unspecified atom stereocenters. The third-order valence-corrected chi connectivity index (χ3v) is 11.1. The molecule has 0 saturated heterocycles. The van der Waals surface area contributed by atoms with Gasteiger partial charge in [-0.15, -0.1) is 22.7 Å². The van der Waals surface area contributed by atoms with E-state index in [4.69, 9.17) is 0 Å². The molecule has 3 nitrogen and oxygen atoms in total. The SMILES string of the molecule is CCCCCCCCCC(CCCCCCC)n1c2cc(-c3ccc(C=O)s3)ccc2c2ccc(-c3ccc(C=O)s3)cc21. The van der Waals surface area contributed by atoms with Crippen LogP contribution in [0.25, 0.3) is 42.7 Å². The van der Waals surface area contributed by atoms with Gasteiger partial charge in [0.25, 0.3) is 0 Å². The number of unbranched alkanes of at least 4 members (excludes halogenated alkanes) is 10. The molecule has 3 aromatic heterocycles. The minimum atomic E-state index is 0.431. The molecule has 0 aliphatic carbocycles. The zero-order valence-electron chi connectivity index (χ0n) is 26.5. The van der Waals surface area contributed by atoms with Crippen molar-refractivity contribution in [1.82, 2.24) is 4.57 Å². The highest BCUT2D eigenvalue weighted by molar-refractivity contribution is 7.17. The molecule has 0 saturated carbocycles. The highest BCUT2D eigenvalue weighted by Gasteiger charge is 2.20. The Labute approximate surface area is 271 Å². The molecule has 1 atom stereocenters. The number of thiophene rings is 2. The summed E-state index contributed by atoms with van der Waals surface area (Å²) in [6, 6.07) is 22.1. The molecular weight excluding hydrogens is 579 g/mol. The van der Waals surface area contributed by atoms with E-state index in [1.54, 1.807) is 22.7 Å². The first-order valence-electron chi connectivity index (χ1n) is 16.8. The molecule has 232 valence electrons. The molecule has 0 amide bonds. The van der Waals surface area contributed by atoms with Gasteiger partial charge in [0.15, 0.2) is 12.6 Å². The summed E-state index contributed by atoms with van der Waals surface area (Å²) >= 11 is 3.12. The van der Waals surface area contributed by atoms with Crippen molar-refractivity contribution >= 4 is 57.1 Å². The van der Waals surface area contributed by atoms with Crippen LogP contribution in [0.2, 0.25) is 0 Å². The fourth-order valence-electron chi connectivity index (χ4n) is 6.61. The molecule has 5 aromatic rings. The highest BCUT2D eigenvalue weighted by atomic mass is 32.1. The van der Waals surface area contributed by atoms with Crippen LogP contribution in [0.1, 0.15) is 129 Å². The average Bonchev–Trinajstić information content (AvgIpc) is 3.80. The molecular formula is C39H47NO2S2. The molecule has 0 fully saturated rings. The second-order valence-corrected chi connectivity index (χ2v) is 14.5. The zero-order valence-corrected chi connectivity index (χ0v) is 28.1. The van der Waals surface area contributed by atoms with Crippen molar-refractivity contribution in [3.8, 4) is 20.9 Å². The van der Waals surface area contributed by atoms with E-state index in [2.05, 4.69) is 66.9 Å². The Morgan fingerprint density at radius 3 is 1.41 bits per heavy atom. The molecule has 0 aliphatic heterocycles. The lowest BCUT2D eigenvalue weighted by Gasteiger charge is -2.22. The first-order valence-corrected chi connectivity index (χ1v) is 18.5. The summed E-state index contributed by atoms with van der Waals surface area (Å²) in [7, 11) is 0. The molecule has 0 N–H and O–H groups in total. The van der Waals surface area contributed by atoms with Crippen LogP contribution in [0.4, 0.5) is 0 Å². The molecule has 5 rings (SSSR count). The number of carbonyl (C=O) groups is 2. The van der Waals surface area contributed by atoms with Crippen molar-refractivity contribution < 1.29 is 9.59 Å². The number of hydrogen-bond acceptors (Lipinski definition) is 4. The lowest BCUT2D eigenvalue weighted by atomic mass is 9.99. The number of fused-ring (bicyclic) bond motifs is 3. The smallest absolute Gasteiger partial charge is 0.160 e. The summed E-state index contributed by atoms with van der Waals surface area (Å²) in [5.74, 6) is 0. The Morgan fingerprint density at radius 2 is 1.00 bits per heavy atom. The van der Waals surface area contributed by atoms with Gasteiger partial charge in [-0.1, -0.05) is 115 Å². The lowest BCUT2D eigenvalue weighted by molar-refractivity contribution is 0.111. The van der Waals surface area contributed by atoms with Crippen molar-refractivity contribution in [3.05, 3.63) is 70.4 Å². The minimum absolute atomic E-state index is 0.431. The van der Waals surface area contributed by atoms with E-state index in [-0.39, 0.29) is 0 Å². The number of nitrogens with zero attached hydrogens (tertiary/aromatic N) is 1. The topological polar surface area (TPSA) is 39.1 Å². The summed E-state index contributed by atoms with van der Waals surface area (Å²) < 4.78 is 2.66. The second kappa shape index (κ2) is 16.3. The molecule has 44 heavy (non-hydrogen) atoms. The van der Waals surface area contributed by atoms with Crippen molar-refractivity contribution in [2.45, 2.75) is 110 Å². The predicted molar refractivity (Wildman–Crippen MR) is 192 cm³/mol. The van der Waals surface area contributed by atoms with E-state index >= 15 is 0 Å². The van der Waals surface area contributed by atoms with E-state index in [9.17, 15) is 9.59 Å². The van der Waals surface area contributed by atoms with Crippen LogP contribution in [0.5, 0.6) is 0 Å². The van der Waals surface area contributed by atoms with Gasteiger partial charge in [0.1, 0.15) is 0 Å². The molecule has 0 radical (unpaired) electrons. The average molecular weight is 626 g/mol. The van der Waals surface area contributed by atoms with Gasteiger partial charge >= 0.3 is 0 Å². The van der Waals surface area contributed by atoms with E-state index in [1.807, 2.05) is 12.1 Å². The van der Waals surface area contributed by atoms with E-state index in [0.29, 0.717) is 6.04 Å². The maximum absolute atomic E-state index is 11.4. The van der Waals surface area contributed by atoms with Crippen molar-refractivity contribution in [2.75, 3.05) is 0 Å². The number of rotatable bonds is 19. The van der Waals surface area contributed by atoms with Crippen LogP contribution < -0.4 is 0 Å². The van der Waals surface area contributed by atoms with Crippen molar-refractivity contribution in [1.29, 1.82) is 0 Å². The fourth-order valence-corrected chi connectivity index (χ4v) is 8.25. The summed E-state index contributed by atoms with van der Waals surface area (Å²) in [4.78, 5) is 26.7. The molecule has 0 bridgehead atoms. The monoisotopic (exact) mass is 625 g/mol. The van der Waals surface area contributed by atoms with Crippen LogP contribution in [0.15, 0.2) is 60.7 Å².